The summed E-state index contributed by atoms with van der Waals surface area (Å²) < 4.78 is 26.7. The third-order valence-electron chi connectivity index (χ3n) is 2.61. The Balaban J connectivity index is 3.21. The Bertz CT molecular complexity index is 427. The van der Waals surface area contributed by atoms with Crippen LogP contribution in [0.4, 0.5) is 8.78 Å². The normalized spacial score (nSPS) is 13.5. The second-order valence-electron chi connectivity index (χ2n) is 4.64. The number of rotatable bonds is 4. The van der Waals surface area contributed by atoms with Crippen LogP contribution in [0.25, 0.3) is 0 Å². The van der Waals surface area contributed by atoms with Gasteiger partial charge in [-0.25, -0.2) is 8.78 Å². The molecule has 0 bridgehead atoms. The zero-order chi connectivity index (χ0) is 13.2. The van der Waals surface area contributed by atoms with Gasteiger partial charge in [-0.05, 0) is 37.6 Å². The molecule has 0 saturated heterocycles. The van der Waals surface area contributed by atoms with Crippen LogP contribution < -0.4 is 5.73 Å². The van der Waals surface area contributed by atoms with Gasteiger partial charge in [-0.1, -0.05) is 0 Å². The Morgan fingerprint density at radius 2 is 2.06 bits per heavy atom. The fourth-order valence-corrected chi connectivity index (χ4v) is 1.73. The summed E-state index contributed by atoms with van der Waals surface area (Å²) >= 11 is 0. The average molecular weight is 243 g/mol. The summed E-state index contributed by atoms with van der Waals surface area (Å²) in [7, 11) is 0. The Hall–Kier alpha value is -1.49. The van der Waals surface area contributed by atoms with Gasteiger partial charge in [0.2, 0.25) is 0 Å². The molecule has 3 N–H and O–H groups in total. The molecule has 0 spiro atoms. The average Bonchev–Trinajstić information content (AvgIpc) is 2.16. The summed E-state index contributed by atoms with van der Waals surface area (Å²) in [6.07, 6.45) is -0.343. The summed E-state index contributed by atoms with van der Waals surface area (Å²) in [4.78, 5) is 10.8. The molecule has 1 atom stereocenters. The number of aliphatic carboxylic acids is 1. The number of carbonyl (C=O) groups is 1. The molecule has 0 fully saturated rings. The third kappa shape index (κ3) is 3.49. The summed E-state index contributed by atoms with van der Waals surface area (Å²) in [6, 6.07) is 2.96. The van der Waals surface area contributed by atoms with E-state index in [1.807, 2.05) is 0 Å². The maximum atomic E-state index is 13.6. The first-order chi connectivity index (χ1) is 7.71. The van der Waals surface area contributed by atoms with Crippen LogP contribution in [-0.4, -0.2) is 16.6 Å². The minimum Gasteiger partial charge on any atom is -0.481 e. The molecule has 0 heterocycles. The lowest BCUT2D eigenvalue weighted by molar-refractivity contribution is -0.137. The fourth-order valence-electron chi connectivity index (χ4n) is 1.73. The van der Waals surface area contributed by atoms with Crippen LogP contribution in [0, 0.1) is 11.6 Å². The van der Waals surface area contributed by atoms with E-state index in [0.29, 0.717) is 0 Å². The van der Waals surface area contributed by atoms with Crippen molar-refractivity contribution in [3.63, 3.8) is 0 Å². The van der Waals surface area contributed by atoms with Crippen molar-refractivity contribution in [2.24, 2.45) is 5.73 Å². The summed E-state index contributed by atoms with van der Waals surface area (Å²) in [6.45, 7) is 3.18. The SMILES string of the molecule is CC(C)(N)C(CC(=O)O)c1cc(F)ccc1F. The molecule has 1 unspecified atom stereocenters. The van der Waals surface area contributed by atoms with Gasteiger partial charge >= 0.3 is 5.97 Å². The lowest BCUT2D eigenvalue weighted by Gasteiger charge is -2.30. The highest BCUT2D eigenvalue weighted by atomic mass is 19.1. The minimum atomic E-state index is -1.10. The summed E-state index contributed by atoms with van der Waals surface area (Å²) in [5, 5.41) is 8.80. The quantitative estimate of drug-likeness (QED) is 0.852. The van der Waals surface area contributed by atoms with E-state index in [-0.39, 0.29) is 12.0 Å². The van der Waals surface area contributed by atoms with Crippen molar-refractivity contribution in [1.29, 1.82) is 0 Å². The van der Waals surface area contributed by atoms with Crippen LogP contribution in [0.5, 0.6) is 0 Å². The molecule has 0 aliphatic rings. The van der Waals surface area contributed by atoms with Gasteiger partial charge in [-0.2, -0.15) is 0 Å². The molecule has 5 heteroatoms. The van der Waals surface area contributed by atoms with Gasteiger partial charge in [0, 0.05) is 11.5 Å². The predicted molar refractivity (Wildman–Crippen MR) is 59.6 cm³/mol. The second-order valence-corrected chi connectivity index (χ2v) is 4.64. The van der Waals surface area contributed by atoms with Crippen molar-refractivity contribution in [2.75, 3.05) is 0 Å². The number of carboxylic acid groups (broad SMARTS) is 1. The van der Waals surface area contributed by atoms with Crippen LogP contribution in [-0.2, 0) is 4.79 Å². The van der Waals surface area contributed by atoms with Crippen molar-refractivity contribution < 1.29 is 18.7 Å². The highest BCUT2D eigenvalue weighted by molar-refractivity contribution is 5.68. The molecular formula is C12H15F2NO2. The van der Waals surface area contributed by atoms with E-state index < -0.39 is 29.1 Å². The number of benzene rings is 1. The van der Waals surface area contributed by atoms with Crippen molar-refractivity contribution in [3.05, 3.63) is 35.4 Å². The Labute approximate surface area is 98.2 Å². The van der Waals surface area contributed by atoms with E-state index in [2.05, 4.69) is 0 Å². The van der Waals surface area contributed by atoms with Gasteiger partial charge in [-0.15, -0.1) is 0 Å². The number of hydrogen-bond acceptors (Lipinski definition) is 2. The molecule has 0 aliphatic heterocycles. The van der Waals surface area contributed by atoms with Crippen molar-refractivity contribution >= 4 is 5.97 Å². The molecule has 1 aromatic rings. The van der Waals surface area contributed by atoms with E-state index in [1.165, 1.54) is 0 Å². The molecule has 0 saturated carbocycles. The maximum Gasteiger partial charge on any atom is 0.304 e. The largest absolute Gasteiger partial charge is 0.481 e. The van der Waals surface area contributed by atoms with Crippen molar-refractivity contribution in [2.45, 2.75) is 31.7 Å². The number of nitrogens with two attached hydrogens (primary N) is 1. The maximum absolute atomic E-state index is 13.6. The zero-order valence-electron chi connectivity index (χ0n) is 9.71. The molecule has 0 amide bonds. The van der Waals surface area contributed by atoms with E-state index in [9.17, 15) is 13.6 Å². The molecule has 1 rings (SSSR count). The number of carboxylic acids is 1. The van der Waals surface area contributed by atoms with E-state index in [1.54, 1.807) is 13.8 Å². The standard InChI is InChI=1S/C12H15F2NO2/c1-12(2,15)9(6-11(16)17)8-5-7(13)3-4-10(8)14/h3-5,9H,6,15H2,1-2H3,(H,16,17). The first kappa shape index (κ1) is 13.6. The van der Waals surface area contributed by atoms with Gasteiger partial charge in [0.15, 0.2) is 0 Å². The number of hydrogen-bond donors (Lipinski definition) is 2. The van der Waals surface area contributed by atoms with E-state index in [0.717, 1.165) is 18.2 Å². The minimum absolute atomic E-state index is 0.0000926. The predicted octanol–water partition coefficient (Wildman–Crippen LogP) is 2.26. The molecule has 0 radical (unpaired) electrons. The van der Waals surface area contributed by atoms with Gasteiger partial charge in [0.25, 0.3) is 0 Å². The van der Waals surface area contributed by atoms with Gasteiger partial charge in [0.05, 0.1) is 6.42 Å². The van der Waals surface area contributed by atoms with Gasteiger partial charge in [0.1, 0.15) is 11.6 Å². The van der Waals surface area contributed by atoms with Crippen molar-refractivity contribution in [1.82, 2.24) is 0 Å². The summed E-state index contributed by atoms with van der Waals surface area (Å²) in [5.41, 5.74) is 4.88. The topological polar surface area (TPSA) is 63.3 Å². The molecular weight excluding hydrogens is 228 g/mol. The third-order valence-corrected chi connectivity index (χ3v) is 2.61. The highest BCUT2D eigenvalue weighted by Gasteiger charge is 2.31. The Morgan fingerprint density at radius 1 is 1.47 bits per heavy atom. The lowest BCUT2D eigenvalue weighted by atomic mass is 9.80. The molecule has 3 nitrogen and oxygen atoms in total. The van der Waals surface area contributed by atoms with Crippen LogP contribution in [0.3, 0.4) is 0 Å². The first-order valence-corrected chi connectivity index (χ1v) is 5.17. The second kappa shape index (κ2) is 4.79. The van der Waals surface area contributed by atoms with E-state index in [4.69, 9.17) is 10.8 Å². The summed E-state index contributed by atoms with van der Waals surface area (Å²) in [5.74, 6) is -3.13. The van der Waals surface area contributed by atoms with Crippen molar-refractivity contribution in [3.8, 4) is 0 Å². The zero-order valence-corrected chi connectivity index (χ0v) is 9.71. The first-order valence-electron chi connectivity index (χ1n) is 5.17. The molecule has 94 valence electrons. The molecule has 0 aromatic heterocycles. The molecule has 17 heavy (non-hydrogen) atoms. The molecule has 1 aromatic carbocycles. The Kier molecular flexibility index (Phi) is 3.83. The van der Waals surface area contributed by atoms with Gasteiger partial charge < -0.3 is 10.8 Å². The number of halogens is 2. The highest BCUT2D eigenvalue weighted by Crippen LogP contribution is 2.31. The van der Waals surface area contributed by atoms with Crippen LogP contribution in [0.2, 0.25) is 0 Å². The molecule has 0 aliphatic carbocycles. The van der Waals surface area contributed by atoms with E-state index >= 15 is 0 Å². The van der Waals surface area contributed by atoms with Crippen LogP contribution in [0.15, 0.2) is 18.2 Å². The smallest absolute Gasteiger partial charge is 0.304 e. The Morgan fingerprint density at radius 3 is 2.53 bits per heavy atom. The fraction of sp³-hybridized carbons (Fsp3) is 0.417. The van der Waals surface area contributed by atoms with Crippen LogP contribution >= 0.6 is 0 Å². The van der Waals surface area contributed by atoms with Crippen LogP contribution in [0.1, 0.15) is 31.7 Å². The lowest BCUT2D eigenvalue weighted by Crippen LogP contribution is -2.40. The van der Waals surface area contributed by atoms with Gasteiger partial charge in [-0.3, -0.25) is 4.79 Å². The monoisotopic (exact) mass is 243 g/mol.